The minimum absolute atomic E-state index is 0.0462. The van der Waals surface area contributed by atoms with Crippen LogP contribution in [0.5, 0.6) is 0 Å². The Bertz CT molecular complexity index is 1040. The maximum absolute atomic E-state index is 13.3. The lowest BCUT2D eigenvalue weighted by molar-refractivity contribution is 0.0231. The highest BCUT2D eigenvalue weighted by Gasteiger charge is 2.34. The van der Waals surface area contributed by atoms with Gasteiger partial charge in [-0.25, -0.2) is 21.6 Å². The normalized spacial score (nSPS) is 20.2. The van der Waals surface area contributed by atoms with Gasteiger partial charge in [-0.2, -0.15) is 4.31 Å². The smallest absolute Gasteiger partial charge is 0.255 e. The van der Waals surface area contributed by atoms with Crippen molar-refractivity contribution in [2.24, 2.45) is 5.92 Å². The van der Waals surface area contributed by atoms with Crippen LogP contribution in [0.1, 0.15) is 16.8 Å². The number of hydrogen-bond donors (Lipinski definition) is 3. The highest BCUT2D eigenvalue weighted by molar-refractivity contribution is 7.89. The van der Waals surface area contributed by atoms with Crippen molar-refractivity contribution in [2.75, 3.05) is 25.0 Å². The van der Waals surface area contributed by atoms with Gasteiger partial charge in [-0.1, -0.05) is 6.07 Å². The highest BCUT2D eigenvalue weighted by atomic mass is 32.2. The maximum atomic E-state index is 13.3. The Kier molecular flexibility index (Phi) is 6.46. The molecule has 1 fully saturated rings. The third kappa shape index (κ3) is 4.48. The number of rotatable bonds is 5. The minimum Gasteiger partial charge on any atom is -0.396 e. The fraction of sp³-hybridized carbons (Fsp3) is 0.316. The molecule has 2 atom stereocenters. The molecule has 0 spiro atoms. The molecule has 0 bridgehead atoms. The van der Waals surface area contributed by atoms with E-state index in [9.17, 15) is 36.6 Å². The molecular weight excluding hydrogens is 425 g/mol. The van der Waals surface area contributed by atoms with Crippen molar-refractivity contribution in [1.82, 2.24) is 4.31 Å². The van der Waals surface area contributed by atoms with Crippen molar-refractivity contribution >= 4 is 21.6 Å². The van der Waals surface area contributed by atoms with E-state index in [0.717, 1.165) is 10.4 Å². The molecule has 30 heavy (non-hydrogen) atoms. The number of hydrogen-bond acceptors (Lipinski definition) is 5. The summed E-state index contributed by atoms with van der Waals surface area (Å²) in [6, 6.07) is 6.22. The molecule has 0 radical (unpaired) electrons. The number of piperidine rings is 1. The van der Waals surface area contributed by atoms with E-state index in [2.05, 4.69) is 5.32 Å². The summed E-state index contributed by atoms with van der Waals surface area (Å²) in [6.45, 7) is -0.407. The van der Waals surface area contributed by atoms with Gasteiger partial charge < -0.3 is 15.5 Å². The minimum atomic E-state index is -4.01. The largest absolute Gasteiger partial charge is 0.396 e. The standard InChI is InChI=1S/C19H19F3N2O5S/c20-15-7-13(8-16(21)18(15)22)23-19(27)11-2-1-3-14(6-11)30(28,29)24-5-4-17(26)12(9-24)10-25/h1-3,6-8,12,17,25-26H,4-5,9-10H2,(H,23,27). The summed E-state index contributed by atoms with van der Waals surface area (Å²) < 4.78 is 66.6. The summed E-state index contributed by atoms with van der Waals surface area (Å²) in [5.74, 6) is -6.10. The van der Waals surface area contributed by atoms with Crippen LogP contribution in [-0.4, -0.2) is 54.6 Å². The number of aliphatic hydroxyl groups is 2. The Hall–Kier alpha value is -2.47. The molecule has 3 N–H and O–H groups in total. The first-order valence-corrected chi connectivity index (χ1v) is 10.4. The lowest BCUT2D eigenvalue weighted by Crippen LogP contribution is -2.47. The van der Waals surface area contributed by atoms with Crippen molar-refractivity contribution in [2.45, 2.75) is 17.4 Å². The predicted molar refractivity (Wildman–Crippen MR) is 101 cm³/mol. The molecule has 1 amide bonds. The van der Waals surface area contributed by atoms with Crippen LogP contribution < -0.4 is 5.32 Å². The van der Waals surface area contributed by atoms with Gasteiger partial charge in [0.15, 0.2) is 17.5 Å². The number of carbonyl (C=O) groups excluding carboxylic acids is 1. The first-order chi connectivity index (χ1) is 14.1. The predicted octanol–water partition coefficient (Wildman–Crippen LogP) is 1.72. The Morgan fingerprint density at radius 3 is 2.47 bits per heavy atom. The zero-order valence-electron chi connectivity index (χ0n) is 15.6. The average molecular weight is 444 g/mol. The van der Waals surface area contributed by atoms with E-state index >= 15 is 0 Å². The van der Waals surface area contributed by atoms with E-state index in [1.165, 1.54) is 18.2 Å². The quantitative estimate of drug-likeness (QED) is 0.609. The number of benzene rings is 2. The van der Waals surface area contributed by atoms with Crippen LogP contribution >= 0.6 is 0 Å². The number of aliphatic hydroxyl groups excluding tert-OH is 2. The zero-order valence-corrected chi connectivity index (χ0v) is 16.4. The molecule has 0 aromatic heterocycles. The van der Waals surface area contributed by atoms with Gasteiger partial charge in [-0.3, -0.25) is 4.79 Å². The number of nitrogens with one attached hydrogen (secondary N) is 1. The van der Waals surface area contributed by atoms with Crippen LogP contribution in [0.25, 0.3) is 0 Å². The first kappa shape index (κ1) is 22.2. The molecule has 2 aromatic rings. The van der Waals surface area contributed by atoms with Gasteiger partial charge in [-0.15, -0.1) is 0 Å². The van der Waals surface area contributed by atoms with Gasteiger partial charge in [0.1, 0.15) is 0 Å². The molecule has 0 saturated carbocycles. The second-order valence-electron chi connectivity index (χ2n) is 6.90. The van der Waals surface area contributed by atoms with E-state index in [4.69, 9.17) is 0 Å². The molecule has 11 heteroatoms. The van der Waals surface area contributed by atoms with Crippen LogP contribution in [0.15, 0.2) is 41.3 Å². The van der Waals surface area contributed by atoms with Crippen LogP contribution in [0.4, 0.5) is 18.9 Å². The van der Waals surface area contributed by atoms with Gasteiger partial charge in [0.05, 0.1) is 11.0 Å². The lowest BCUT2D eigenvalue weighted by atomic mass is 9.97. The molecule has 1 saturated heterocycles. The summed E-state index contributed by atoms with van der Waals surface area (Å²) >= 11 is 0. The van der Waals surface area contributed by atoms with E-state index in [1.54, 1.807) is 0 Å². The Morgan fingerprint density at radius 1 is 1.17 bits per heavy atom. The molecular formula is C19H19F3N2O5S. The molecule has 162 valence electrons. The second kappa shape index (κ2) is 8.72. The SMILES string of the molecule is O=C(Nc1cc(F)c(F)c(F)c1)c1cccc(S(=O)(=O)N2CCC(O)C(CO)C2)c1. The maximum Gasteiger partial charge on any atom is 0.255 e. The third-order valence-corrected chi connectivity index (χ3v) is 6.73. The van der Waals surface area contributed by atoms with Crippen molar-refractivity contribution in [3.8, 4) is 0 Å². The second-order valence-corrected chi connectivity index (χ2v) is 8.84. The van der Waals surface area contributed by atoms with Gasteiger partial charge in [0.2, 0.25) is 10.0 Å². The van der Waals surface area contributed by atoms with Crippen LogP contribution in [0.2, 0.25) is 0 Å². The topological polar surface area (TPSA) is 107 Å². The highest BCUT2D eigenvalue weighted by Crippen LogP contribution is 2.25. The summed E-state index contributed by atoms with van der Waals surface area (Å²) in [4.78, 5) is 12.2. The molecule has 7 nitrogen and oxygen atoms in total. The number of sulfonamides is 1. The fourth-order valence-corrected chi connectivity index (χ4v) is 4.72. The Balaban J connectivity index is 1.82. The third-order valence-electron chi connectivity index (χ3n) is 4.87. The monoisotopic (exact) mass is 444 g/mol. The van der Waals surface area contributed by atoms with Crippen molar-refractivity contribution in [3.05, 3.63) is 59.4 Å². The Labute approximate surface area is 170 Å². The van der Waals surface area contributed by atoms with E-state index in [0.29, 0.717) is 12.1 Å². The molecule has 2 unspecified atom stereocenters. The molecule has 1 heterocycles. The number of carbonyl (C=O) groups is 1. The van der Waals surface area contributed by atoms with Crippen molar-refractivity contribution in [3.63, 3.8) is 0 Å². The molecule has 3 rings (SSSR count). The first-order valence-electron chi connectivity index (χ1n) is 8.98. The van der Waals surface area contributed by atoms with Crippen LogP contribution in [0.3, 0.4) is 0 Å². The number of nitrogens with zero attached hydrogens (tertiary/aromatic N) is 1. The van der Waals surface area contributed by atoms with Gasteiger partial charge in [-0.05, 0) is 24.6 Å². The number of halogens is 3. The molecule has 1 aliphatic rings. The van der Waals surface area contributed by atoms with Crippen molar-refractivity contribution in [1.29, 1.82) is 0 Å². The Morgan fingerprint density at radius 2 is 1.83 bits per heavy atom. The van der Waals surface area contributed by atoms with Gasteiger partial charge in [0, 0.05) is 49.0 Å². The average Bonchev–Trinajstić information content (AvgIpc) is 2.72. The number of amides is 1. The van der Waals surface area contributed by atoms with Crippen LogP contribution in [0, 0.1) is 23.4 Å². The number of anilines is 1. The lowest BCUT2D eigenvalue weighted by Gasteiger charge is -2.34. The summed E-state index contributed by atoms with van der Waals surface area (Å²) in [7, 11) is -4.01. The molecule has 1 aliphatic heterocycles. The summed E-state index contributed by atoms with van der Waals surface area (Å²) in [5, 5.41) is 21.3. The van der Waals surface area contributed by atoms with Gasteiger partial charge in [0.25, 0.3) is 5.91 Å². The van der Waals surface area contributed by atoms with Crippen LogP contribution in [-0.2, 0) is 10.0 Å². The van der Waals surface area contributed by atoms with Crippen molar-refractivity contribution < 1.29 is 36.6 Å². The fourth-order valence-electron chi connectivity index (χ4n) is 3.16. The molecule has 0 aliphatic carbocycles. The van der Waals surface area contributed by atoms with E-state index in [1.807, 2.05) is 0 Å². The molecule has 2 aromatic carbocycles. The van der Waals surface area contributed by atoms with E-state index < -0.39 is 45.4 Å². The summed E-state index contributed by atoms with van der Waals surface area (Å²) in [6.07, 6.45) is -0.651. The van der Waals surface area contributed by atoms with Gasteiger partial charge >= 0.3 is 0 Å². The zero-order chi connectivity index (χ0) is 22.1. The van der Waals surface area contributed by atoms with E-state index in [-0.39, 0.29) is 42.3 Å². The summed E-state index contributed by atoms with van der Waals surface area (Å²) in [5.41, 5.74) is -0.433.